The zero-order valence-corrected chi connectivity index (χ0v) is 7.82. The van der Waals surface area contributed by atoms with Gasteiger partial charge in [0.05, 0.1) is 12.3 Å². The topological polar surface area (TPSA) is 46.0 Å². The highest BCUT2D eigenvalue weighted by molar-refractivity contribution is 5.16. The van der Waals surface area contributed by atoms with Crippen molar-refractivity contribution in [2.75, 3.05) is 0 Å². The Balaban J connectivity index is 2.26. The van der Waals surface area contributed by atoms with Crippen LogP contribution in [-0.4, -0.2) is 15.1 Å². The Labute approximate surface area is 77.8 Å². The van der Waals surface area contributed by atoms with Gasteiger partial charge in [0.1, 0.15) is 5.82 Å². The number of aromatic nitrogens is 2. The molecule has 3 heteroatoms. The van der Waals surface area contributed by atoms with Gasteiger partial charge in [0, 0.05) is 12.1 Å². The Hall–Kier alpha value is -0.960. The Bertz CT molecular complexity index is 308. The second-order valence-corrected chi connectivity index (χ2v) is 3.64. The Morgan fingerprint density at radius 2 is 2.31 bits per heavy atom. The van der Waals surface area contributed by atoms with Crippen LogP contribution < -0.4 is 0 Å². The molecule has 0 saturated heterocycles. The molecule has 0 radical (unpaired) electrons. The molecule has 1 aromatic rings. The molecule has 2 rings (SSSR count). The summed E-state index contributed by atoms with van der Waals surface area (Å²) in [6.45, 7) is 1.95. The van der Waals surface area contributed by atoms with Gasteiger partial charge in [-0.3, -0.25) is 0 Å². The fourth-order valence-corrected chi connectivity index (χ4v) is 1.52. The molecule has 0 atom stereocenters. The molecule has 0 amide bonds. The molecule has 0 spiro atoms. The van der Waals surface area contributed by atoms with Gasteiger partial charge in [-0.15, -0.1) is 0 Å². The fraction of sp³-hybridized carbons (Fsp3) is 0.600. The average molecular weight is 178 g/mol. The molecule has 0 aliphatic heterocycles. The number of nitrogens with zero attached hydrogens (tertiary/aromatic N) is 2. The number of hydrogen-bond acceptors (Lipinski definition) is 3. The molecule has 3 nitrogen and oxygen atoms in total. The summed E-state index contributed by atoms with van der Waals surface area (Å²) in [5.41, 5.74) is 1.75. The zero-order valence-electron chi connectivity index (χ0n) is 7.82. The smallest absolute Gasteiger partial charge is 0.131 e. The van der Waals surface area contributed by atoms with E-state index in [1.165, 1.54) is 19.3 Å². The van der Waals surface area contributed by atoms with Gasteiger partial charge in [0.25, 0.3) is 0 Å². The van der Waals surface area contributed by atoms with Crippen LogP contribution in [0.2, 0.25) is 0 Å². The van der Waals surface area contributed by atoms with Crippen LogP contribution in [0.4, 0.5) is 0 Å². The van der Waals surface area contributed by atoms with Crippen LogP contribution in [0.5, 0.6) is 0 Å². The molecule has 13 heavy (non-hydrogen) atoms. The first kappa shape index (κ1) is 8.63. The molecule has 0 bridgehead atoms. The lowest BCUT2D eigenvalue weighted by molar-refractivity contribution is 0.274. The van der Waals surface area contributed by atoms with Gasteiger partial charge in [-0.1, -0.05) is 6.42 Å². The van der Waals surface area contributed by atoms with Crippen molar-refractivity contribution >= 4 is 0 Å². The highest BCUT2D eigenvalue weighted by Gasteiger charge is 2.22. The summed E-state index contributed by atoms with van der Waals surface area (Å²) in [5.74, 6) is 1.46. The van der Waals surface area contributed by atoms with E-state index < -0.39 is 0 Å². The maximum absolute atomic E-state index is 9.03. The van der Waals surface area contributed by atoms with E-state index in [0.29, 0.717) is 5.92 Å². The minimum atomic E-state index is 0.0219. The van der Waals surface area contributed by atoms with E-state index in [1.54, 1.807) is 0 Å². The van der Waals surface area contributed by atoms with E-state index >= 15 is 0 Å². The minimum Gasteiger partial charge on any atom is -0.390 e. The summed E-state index contributed by atoms with van der Waals surface area (Å²) in [4.78, 5) is 8.64. The van der Waals surface area contributed by atoms with Crippen LogP contribution in [-0.2, 0) is 6.61 Å². The van der Waals surface area contributed by atoms with Gasteiger partial charge in [-0.25, -0.2) is 9.97 Å². The Morgan fingerprint density at radius 3 is 2.85 bits per heavy atom. The zero-order chi connectivity index (χ0) is 9.26. The maximum atomic E-state index is 9.03. The lowest BCUT2D eigenvalue weighted by Crippen LogP contribution is -2.14. The largest absolute Gasteiger partial charge is 0.390 e. The Kier molecular flexibility index (Phi) is 2.27. The molecule has 1 aliphatic carbocycles. The van der Waals surface area contributed by atoms with Crippen LogP contribution in [0.15, 0.2) is 6.20 Å². The second-order valence-electron chi connectivity index (χ2n) is 3.64. The van der Waals surface area contributed by atoms with Gasteiger partial charge >= 0.3 is 0 Å². The van der Waals surface area contributed by atoms with Crippen molar-refractivity contribution in [1.82, 2.24) is 9.97 Å². The van der Waals surface area contributed by atoms with Gasteiger partial charge in [0.15, 0.2) is 0 Å². The first-order chi connectivity index (χ1) is 6.31. The molecule has 1 fully saturated rings. The van der Waals surface area contributed by atoms with Crippen LogP contribution >= 0.6 is 0 Å². The summed E-state index contributed by atoms with van der Waals surface area (Å²) in [6.07, 6.45) is 5.50. The van der Waals surface area contributed by atoms with Crippen LogP contribution in [0, 0.1) is 6.92 Å². The van der Waals surface area contributed by atoms with Crippen molar-refractivity contribution in [1.29, 1.82) is 0 Å². The predicted octanol–water partition coefficient (Wildman–Crippen LogP) is 1.54. The maximum Gasteiger partial charge on any atom is 0.131 e. The molecule has 70 valence electrons. The van der Waals surface area contributed by atoms with Gasteiger partial charge < -0.3 is 5.11 Å². The summed E-state index contributed by atoms with van der Waals surface area (Å²) in [5, 5.41) is 9.03. The summed E-state index contributed by atoms with van der Waals surface area (Å²) in [7, 11) is 0. The highest BCUT2D eigenvalue weighted by Crippen LogP contribution is 2.34. The quantitative estimate of drug-likeness (QED) is 0.747. The van der Waals surface area contributed by atoms with Gasteiger partial charge in [0.2, 0.25) is 0 Å². The number of aliphatic hydroxyl groups excluding tert-OH is 1. The first-order valence-corrected chi connectivity index (χ1v) is 4.74. The third-order valence-electron chi connectivity index (χ3n) is 2.72. The number of rotatable bonds is 2. The highest BCUT2D eigenvalue weighted by atomic mass is 16.3. The number of aliphatic hydroxyl groups is 1. The van der Waals surface area contributed by atoms with E-state index in [9.17, 15) is 0 Å². The van der Waals surface area contributed by atoms with Gasteiger partial charge in [-0.2, -0.15) is 0 Å². The first-order valence-electron chi connectivity index (χ1n) is 4.74. The molecule has 1 aliphatic rings. The molecule has 1 heterocycles. The fourth-order valence-electron chi connectivity index (χ4n) is 1.52. The lowest BCUT2D eigenvalue weighted by Gasteiger charge is -2.24. The van der Waals surface area contributed by atoms with Crippen molar-refractivity contribution < 1.29 is 5.11 Å². The normalized spacial score (nSPS) is 17.1. The van der Waals surface area contributed by atoms with Crippen molar-refractivity contribution in [3.63, 3.8) is 0 Å². The van der Waals surface area contributed by atoms with Gasteiger partial charge in [-0.05, 0) is 25.3 Å². The van der Waals surface area contributed by atoms with Crippen molar-refractivity contribution in [2.45, 2.75) is 38.7 Å². The molecule has 1 N–H and O–H groups in total. The van der Waals surface area contributed by atoms with Crippen LogP contribution in [0.1, 0.15) is 42.3 Å². The van der Waals surface area contributed by atoms with E-state index in [0.717, 1.165) is 17.1 Å². The molecule has 0 unspecified atom stereocenters. The van der Waals surface area contributed by atoms with E-state index in [2.05, 4.69) is 9.97 Å². The summed E-state index contributed by atoms with van der Waals surface area (Å²) < 4.78 is 0. The predicted molar refractivity (Wildman–Crippen MR) is 49.3 cm³/mol. The van der Waals surface area contributed by atoms with E-state index in [-0.39, 0.29) is 6.61 Å². The van der Waals surface area contributed by atoms with Crippen LogP contribution in [0.25, 0.3) is 0 Å². The van der Waals surface area contributed by atoms with Crippen molar-refractivity contribution in [3.8, 4) is 0 Å². The van der Waals surface area contributed by atoms with Crippen LogP contribution in [0.3, 0.4) is 0 Å². The third kappa shape index (κ3) is 1.56. The third-order valence-corrected chi connectivity index (χ3v) is 2.72. The molecule has 1 aromatic heterocycles. The van der Waals surface area contributed by atoms with E-state index in [4.69, 9.17) is 5.11 Å². The molecular weight excluding hydrogens is 164 g/mol. The minimum absolute atomic E-state index is 0.0219. The standard InChI is InChI=1S/C10H14N2O/c1-7-5-11-10(8-3-2-4-8)12-9(7)6-13/h5,8,13H,2-4,6H2,1H3. The second kappa shape index (κ2) is 3.42. The van der Waals surface area contributed by atoms with Crippen molar-refractivity contribution in [2.24, 2.45) is 0 Å². The number of hydrogen-bond donors (Lipinski definition) is 1. The Morgan fingerprint density at radius 1 is 1.54 bits per heavy atom. The monoisotopic (exact) mass is 178 g/mol. The average Bonchev–Trinajstić information content (AvgIpc) is 2.05. The summed E-state index contributed by atoms with van der Waals surface area (Å²) >= 11 is 0. The molecular formula is C10H14N2O. The molecule has 1 saturated carbocycles. The van der Waals surface area contributed by atoms with E-state index in [1.807, 2.05) is 13.1 Å². The van der Waals surface area contributed by atoms with Crippen molar-refractivity contribution in [3.05, 3.63) is 23.3 Å². The number of aryl methyl sites for hydroxylation is 1. The SMILES string of the molecule is Cc1cnc(C2CCC2)nc1CO. The lowest BCUT2D eigenvalue weighted by atomic mass is 9.85. The molecule has 0 aromatic carbocycles. The summed E-state index contributed by atoms with van der Waals surface area (Å²) in [6, 6.07) is 0.